The Morgan fingerprint density at radius 2 is 1.90 bits per heavy atom. The molecule has 1 aromatic carbocycles. The molecule has 0 aliphatic heterocycles. The Balaban J connectivity index is 1.91. The third kappa shape index (κ3) is 3.51. The summed E-state index contributed by atoms with van der Waals surface area (Å²) >= 11 is 0. The van der Waals surface area contributed by atoms with Crippen LogP contribution in [-0.2, 0) is 25.7 Å². The lowest BCUT2D eigenvalue weighted by molar-refractivity contribution is -0.147. The third-order valence-electron chi connectivity index (χ3n) is 4.03. The molecular weight excluding hydrogens is 268 g/mol. The van der Waals surface area contributed by atoms with Gasteiger partial charge in [0.1, 0.15) is 6.61 Å². The molecule has 112 valence electrons. The SMILES string of the molecule is COC(=O)C=C[C@@H]1[C@@H](C(=O)OCc2ccccc2)C1(C)C. The summed E-state index contributed by atoms with van der Waals surface area (Å²) in [6, 6.07) is 9.57. The lowest BCUT2D eigenvalue weighted by Crippen LogP contribution is -2.10. The molecule has 1 aromatic rings. The monoisotopic (exact) mass is 288 g/mol. The predicted octanol–water partition coefficient (Wildman–Crippen LogP) is 2.73. The number of carbonyl (C=O) groups is 2. The van der Waals surface area contributed by atoms with Gasteiger partial charge in [-0.2, -0.15) is 0 Å². The van der Waals surface area contributed by atoms with Crippen molar-refractivity contribution in [1.29, 1.82) is 0 Å². The Morgan fingerprint density at radius 3 is 2.52 bits per heavy atom. The Labute approximate surface area is 124 Å². The summed E-state index contributed by atoms with van der Waals surface area (Å²) in [7, 11) is 1.33. The van der Waals surface area contributed by atoms with E-state index in [2.05, 4.69) is 4.74 Å². The number of methoxy groups -OCH3 is 1. The highest BCUT2D eigenvalue weighted by atomic mass is 16.5. The molecule has 0 unspecified atom stereocenters. The summed E-state index contributed by atoms with van der Waals surface area (Å²) < 4.78 is 9.92. The van der Waals surface area contributed by atoms with Crippen molar-refractivity contribution >= 4 is 11.9 Å². The summed E-state index contributed by atoms with van der Waals surface area (Å²) in [5.74, 6) is -0.820. The first kappa shape index (κ1) is 15.3. The highest BCUT2D eigenvalue weighted by molar-refractivity contribution is 5.83. The van der Waals surface area contributed by atoms with Crippen molar-refractivity contribution in [3.8, 4) is 0 Å². The molecule has 1 fully saturated rings. The third-order valence-corrected chi connectivity index (χ3v) is 4.03. The molecule has 1 saturated carbocycles. The molecule has 0 amide bonds. The van der Waals surface area contributed by atoms with Crippen LogP contribution in [0.15, 0.2) is 42.5 Å². The standard InChI is InChI=1S/C17H20O4/c1-17(2)13(9-10-14(18)20-3)15(17)16(19)21-11-12-7-5-4-6-8-12/h4-10,13,15H,11H2,1-3H3/t13-,15+/m1/s1. The molecule has 1 aliphatic rings. The molecule has 2 atom stereocenters. The van der Waals surface area contributed by atoms with Gasteiger partial charge in [0.05, 0.1) is 13.0 Å². The number of allylic oxidation sites excluding steroid dienone is 1. The van der Waals surface area contributed by atoms with E-state index in [1.807, 2.05) is 44.2 Å². The zero-order valence-corrected chi connectivity index (χ0v) is 12.5. The summed E-state index contributed by atoms with van der Waals surface area (Å²) in [6.45, 7) is 4.27. The first-order valence-electron chi connectivity index (χ1n) is 6.93. The van der Waals surface area contributed by atoms with E-state index < -0.39 is 5.97 Å². The largest absolute Gasteiger partial charge is 0.466 e. The summed E-state index contributed by atoms with van der Waals surface area (Å²) in [5.41, 5.74) is 0.782. The topological polar surface area (TPSA) is 52.6 Å². The van der Waals surface area contributed by atoms with Crippen LogP contribution in [0.4, 0.5) is 0 Å². The van der Waals surface area contributed by atoms with Gasteiger partial charge in [-0.25, -0.2) is 4.79 Å². The van der Waals surface area contributed by atoms with Crippen LogP contribution in [0, 0.1) is 17.3 Å². The quantitative estimate of drug-likeness (QED) is 0.617. The predicted molar refractivity (Wildman–Crippen MR) is 78.2 cm³/mol. The molecule has 1 aliphatic carbocycles. The fourth-order valence-corrected chi connectivity index (χ4v) is 2.56. The second-order valence-electron chi connectivity index (χ2n) is 5.80. The highest BCUT2D eigenvalue weighted by Gasteiger charge is 2.61. The molecule has 0 spiro atoms. The Bertz CT molecular complexity index is 545. The number of benzene rings is 1. The molecule has 21 heavy (non-hydrogen) atoms. The summed E-state index contributed by atoms with van der Waals surface area (Å²) in [5, 5.41) is 0. The van der Waals surface area contributed by atoms with Gasteiger partial charge in [-0.05, 0) is 16.9 Å². The van der Waals surface area contributed by atoms with E-state index in [0.29, 0.717) is 0 Å². The highest BCUT2D eigenvalue weighted by Crippen LogP contribution is 2.59. The van der Waals surface area contributed by atoms with Crippen molar-refractivity contribution in [3.05, 3.63) is 48.0 Å². The molecule has 0 aromatic heterocycles. The van der Waals surface area contributed by atoms with Crippen molar-refractivity contribution in [1.82, 2.24) is 0 Å². The van der Waals surface area contributed by atoms with Gasteiger partial charge in [0.2, 0.25) is 0 Å². The van der Waals surface area contributed by atoms with E-state index >= 15 is 0 Å². The van der Waals surface area contributed by atoms with Gasteiger partial charge in [-0.1, -0.05) is 50.3 Å². The van der Waals surface area contributed by atoms with Gasteiger partial charge >= 0.3 is 11.9 Å². The average Bonchev–Trinajstić information content (AvgIpc) is 3.04. The Hall–Kier alpha value is -2.10. The first-order valence-corrected chi connectivity index (χ1v) is 6.93. The lowest BCUT2D eigenvalue weighted by atomic mass is 10.1. The van der Waals surface area contributed by atoms with Crippen LogP contribution in [0.3, 0.4) is 0 Å². The number of ether oxygens (including phenoxy) is 2. The molecule has 0 radical (unpaired) electrons. The van der Waals surface area contributed by atoms with Crippen molar-refractivity contribution in [2.45, 2.75) is 20.5 Å². The summed E-state index contributed by atoms with van der Waals surface area (Å²) in [4.78, 5) is 23.3. The fourth-order valence-electron chi connectivity index (χ4n) is 2.56. The van der Waals surface area contributed by atoms with Crippen LogP contribution >= 0.6 is 0 Å². The molecule has 0 bridgehead atoms. The van der Waals surface area contributed by atoms with E-state index in [0.717, 1.165) is 5.56 Å². The number of rotatable bonds is 5. The number of carbonyl (C=O) groups excluding carboxylic acids is 2. The first-order chi connectivity index (χ1) is 9.96. The molecule has 0 N–H and O–H groups in total. The van der Waals surface area contributed by atoms with E-state index in [1.165, 1.54) is 13.2 Å². The normalized spacial score (nSPS) is 22.8. The fraction of sp³-hybridized carbons (Fsp3) is 0.412. The minimum Gasteiger partial charge on any atom is -0.466 e. The van der Waals surface area contributed by atoms with Gasteiger partial charge < -0.3 is 9.47 Å². The Kier molecular flexibility index (Phi) is 4.46. The zero-order valence-electron chi connectivity index (χ0n) is 12.5. The smallest absolute Gasteiger partial charge is 0.330 e. The van der Waals surface area contributed by atoms with E-state index in [9.17, 15) is 9.59 Å². The maximum absolute atomic E-state index is 12.1. The van der Waals surface area contributed by atoms with E-state index in [1.54, 1.807) is 6.08 Å². The number of hydrogen-bond acceptors (Lipinski definition) is 4. The lowest BCUT2D eigenvalue weighted by Gasteiger charge is -2.05. The van der Waals surface area contributed by atoms with Crippen molar-refractivity contribution in [3.63, 3.8) is 0 Å². The second kappa shape index (κ2) is 6.12. The molecule has 4 nitrogen and oxygen atoms in total. The average molecular weight is 288 g/mol. The van der Waals surface area contributed by atoms with Crippen LogP contribution in [0.1, 0.15) is 19.4 Å². The minimum atomic E-state index is -0.408. The van der Waals surface area contributed by atoms with Gasteiger partial charge in [-0.15, -0.1) is 0 Å². The summed E-state index contributed by atoms with van der Waals surface area (Å²) in [6.07, 6.45) is 3.11. The van der Waals surface area contributed by atoms with Gasteiger partial charge in [-0.3, -0.25) is 4.79 Å². The molecule has 4 heteroatoms. The van der Waals surface area contributed by atoms with E-state index in [-0.39, 0.29) is 29.8 Å². The molecule has 2 rings (SSSR count). The van der Waals surface area contributed by atoms with Crippen molar-refractivity contribution < 1.29 is 19.1 Å². The van der Waals surface area contributed by atoms with Crippen LogP contribution in [0.2, 0.25) is 0 Å². The maximum atomic E-state index is 12.1. The van der Waals surface area contributed by atoms with Crippen LogP contribution in [0.25, 0.3) is 0 Å². The molecule has 0 saturated heterocycles. The van der Waals surface area contributed by atoms with Crippen LogP contribution in [-0.4, -0.2) is 19.0 Å². The van der Waals surface area contributed by atoms with Crippen molar-refractivity contribution in [2.24, 2.45) is 17.3 Å². The molecular formula is C17H20O4. The van der Waals surface area contributed by atoms with E-state index in [4.69, 9.17) is 4.74 Å². The van der Waals surface area contributed by atoms with Gasteiger partial charge in [0.25, 0.3) is 0 Å². The minimum absolute atomic E-state index is 0.0138. The zero-order chi connectivity index (χ0) is 15.5. The van der Waals surface area contributed by atoms with Crippen LogP contribution < -0.4 is 0 Å². The maximum Gasteiger partial charge on any atom is 0.330 e. The van der Waals surface area contributed by atoms with Gasteiger partial charge in [0, 0.05) is 6.08 Å². The second-order valence-corrected chi connectivity index (χ2v) is 5.80. The van der Waals surface area contributed by atoms with Crippen LogP contribution in [0.5, 0.6) is 0 Å². The Morgan fingerprint density at radius 1 is 1.24 bits per heavy atom. The molecule has 0 heterocycles. The van der Waals surface area contributed by atoms with Crippen molar-refractivity contribution in [2.75, 3.05) is 7.11 Å². The number of esters is 2. The van der Waals surface area contributed by atoms with Gasteiger partial charge in [0.15, 0.2) is 0 Å². The number of hydrogen-bond donors (Lipinski definition) is 0.